The highest BCUT2D eigenvalue weighted by Crippen LogP contribution is 2.42. The highest BCUT2D eigenvalue weighted by molar-refractivity contribution is 6.46. The molecule has 1 fully saturated rings. The normalized spacial score (nSPS) is 16.4. The van der Waals surface area contributed by atoms with Gasteiger partial charge in [0.25, 0.3) is 11.7 Å². The molecule has 0 spiro atoms. The average molecular weight is 549 g/mol. The number of benzene rings is 3. The Morgan fingerprint density at radius 1 is 0.950 bits per heavy atom. The first kappa shape index (κ1) is 28.6. The number of aliphatic hydroxyl groups is 1. The van der Waals surface area contributed by atoms with Crippen molar-refractivity contribution >= 4 is 17.4 Å². The van der Waals surface area contributed by atoms with Gasteiger partial charge >= 0.3 is 0 Å². The van der Waals surface area contributed by atoms with Crippen LogP contribution in [0.3, 0.4) is 0 Å². The summed E-state index contributed by atoms with van der Waals surface area (Å²) in [5, 5.41) is 11.3. The van der Waals surface area contributed by atoms with Crippen molar-refractivity contribution in [1.29, 1.82) is 0 Å². The molecule has 1 amide bonds. The lowest BCUT2D eigenvalue weighted by Gasteiger charge is -2.26. The third-order valence-electron chi connectivity index (χ3n) is 6.71. The number of nitrogens with zero attached hydrogens (tertiary/aromatic N) is 2. The van der Waals surface area contributed by atoms with Gasteiger partial charge in [0.1, 0.15) is 12.4 Å². The van der Waals surface area contributed by atoms with Crippen LogP contribution in [-0.4, -0.2) is 68.0 Å². The first-order valence-electron chi connectivity index (χ1n) is 12.9. The maximum atomic E-state index is 14.5. The Morgan fingerprint density at radius 3 is 2.30 bits per heavy atom. The van der Waals surface area contributed by atoms with Crippen LogP contribution in [0.4, 0.5) is 4.39 Å². The number of methoxy groups -OCH3 is 2. The number of Topliss-reactive ketones (excluding diaryl/α,β-unsaturated/α-hetero) is 1. The van der Waals surface area contributed by atoms with Crippen LogP contribution >= 0.6 is 0 Å². The second-order valence-corrected chi connectivity index (χ2v) is 9.68. The summed E-state index contributed by atoms with van der Waals surface area (Å²) in [6.45, 7) is 1.29. The predicted octanol–water partition coefficient (Wildman–Crippen LogP) is 4.80. The number of hydrogen-bond donors (Lipinski definition) is 1. The molecule has 0 unspecified atom stereocenters. The lowest BCUT2D eigenvalue weighted by Crippen LogP contribution is -2.32. The second-order valence-electron chi connectivity index (χ2n) is 9.68. The standard InChI is InChI=1S/C31H33FN2O6/c1-33(2)15-8-16-34-28(21-11-14-25(26(18-21)39-4)40-19-20-9-6-5-7-10-20)27(30(36)31(34)37)29(35)22-12-13-24(38-3)23(32)17-22/h5-7,9-14,17-18,28,35H,8,15-16,19H2,1-4H3/t28-/m1/s1. The summed E-state index contributed by atoms with van der Waals surface area (Å²) < 4.78 is 31.0. The lowest BCUT2D eigenvalue weighted by molar-refractivity contribution is -0.139. The van der Waals surface area contributed by atoms with Gasteiger partial charge < -0.3 is 29.1 Å². The molecule has 9 heteroatoms. The zero-order valence-corrected chi connectivity index (χ0v) is 23.0. The summed E-state index contributed by atoms with van der Waals surface area (Å²) in [5.41, 5.74) is 1.46. The van der Waals surface area contributed by atoms with E-state index in [0.29, 0.717) is 36.6 Å². The molecule has 8 nitrogen and oxygen atoms in total. The number of rotatable bonds is 11. The summed E-state index contributed by atoms with van der Waals surface area (Å²) in [6, 6.07) is 17.8. The molecule has 0 radical (unpaired) electrons. The molecule has 0 aliphatic carbocycles. The predicted molar refractivity (Wildman–Crippen MR) is 149 cm³/mol. The number of carbonyl (C=O) groups is 2. The van der Waals surface area contributed by atoms with Crippen LogP contribution in [0.15, 0.2) is 72.3 Å². The number of amides is 1. The van der Waals surface area contributed by atoms with Gasteiger partial charge in [-0.25, -0.2) is 4.39 Å². The molecule has 1 aliphatic heterocycles. The maximum Gasteiger partial charge on any atom is 0.295 e. The second kappa shape index (κ2) is 12.7. The van der Waals surface area contributed by atoms with Crippen LogP contribution in [0, 0.1) is 5.82 Å². The molecule has 0 bridgehead atoms. The molecule has 1 N–H and O–H groups in total. The van der Waals surface area contributed by atoms with Crippen molar-refractivity contribution in [3.8, 4) is 17.2 Å². The molecular weight excluding hydrogens is 515 g/mol. The summed E-state index contributed by atoms with van der Waals surface area (Å²) in [5.74, 6) is -1.87. The number of ether oxygens (including phenoxy) is 3. The quantitative estimate of drug-likeness (QED) is 0.209. The lowest BCUT2D eigenvalue weighted by atomic mass is 9.94. The van der Waals surface area contributed by atoms with Crippen molar-refractivity contribution in [2.24, 2.45) is 0 Å². The van der Waals surface area contributed by atoms with Crippen molar-refractivity contribution < 1.29 is 33.3 Å². The summed E-state index contributed by atoms with van der Waals surface area (Å²) in [6.07, 6.45) is 0.600. The number of ketones is 1. The molecule has 4 rings (SSSR count). The Kier molecular flexibility index (Phi) is 9.06. The molecule has 0 aromatic heterocycles. The fraction of sp³-hybridized carbons (Fsp3) is 0.290. The van der Waals surface area contributed by atoms with Crippen molar-refractivity contribution in [1.82, 2.24) is 9.80 Å². The molecule has 3 aromatic rings. The zero-order valence-electron chi connectivity index (χ0n) is 23.0. The van der Waals surface area contributed by atoms with E-state index in [0.717, 1.165) is 11.6 Å². The van der Waals surface area contributed by atoms with E-state index in [4.69, 9.17) is 14.2 Å². The first-order valence-corrected chi connectivity index (χ1v) is 12.9. The van der Waals surface area contributed by atoms with Crippen molar-refractivity contribution in [2.75, 3.05) is 41.4 Å². The van der Waals surface area contributed by atoms with Crippen molar-refractivity contribution in [3.63, 3.8) is 0 Å². The van der Waals surface area contributed by atoms with Crippen LogP contribution < -0.4 is 14.2 Å². The minimum atomic E-state index is -0.913. The van der Waals surface area contributed by atoms with Gasteiger partial charge in [-0.15, -0.1) is 0 Å². The fourth-order valence-electron chi connectivity index (χ4n) is 4.69. The Bertz CT molecular complexity index is 1410. The highest BCUT2D eigenvalue weighted by Gasteiger charge is 2.46. The Labute approximate surface area is 233 Å². The molecule has 210 valence electrons. The van der Waals surface area contributed by atoms with Crippen LogP contribution in [0.1, 0.15) is 29.2 Å². The third-order valence-corrected chi connectivity index (χ3v) is 6.71. The van der Waals surface area contributed by atoms with Crippen LogP contribution in [-0.2, 0) is 16.2 Å². The SMILES string of the molecule is COc1ccc(C(O)=C2C(=O)C(=O)N(CCCN(C)C)[C@@H]2c2ccc(OCc3ccccc3)c(OC)c2)cc1F. The van der Waals surface area contributed by atoms with E-state index in [1.165, 1.54) is 31.3 Å². The number of likely N-dealkylation sites (tertiary alicyclic amines) is 1. The molecule has 0 saturated carbocycles. The van der Waals surface area contributed by atoms with Gasteiger partial charge in [-0.3, -0.25) is 9.59 Å². The highest BCUT2D eigenvalue weighted by atomic mass is 19.1. The Balaban J connectivity index is 1.76. The number of halogens is 1. The number of hydrogen-bond acceptors (Lipinski definition) is 7. The smallest absolute Gasteiger partial charge is 0.295 e. The maximum absolute atomic E-state index is 14.5. The number of carbonyl (C=O) groups excluding carboxylic acids is 2. The Morgan fingerprint density at radius 2 is 1.65 bits per heavy atom. The van der Waals surface area contributed by atoms with E-state index in [9.17, 15) is 19.1 Å². The minimum absolute atomic E-state index is 0.00642. The van der Waals surface area contributed by atoms with Gasteiger partial charge in [0.15, 0.2) is 23.1 Å². The van der Waals surface area contributed by atoms with Gasteiger partial charge in [-0.2, -0.15) is 0 Å². The monoisotopic (exact) mass is 548 g/mol. The van der Waals surface area contributed by atoms with E-state index in [2.05, 4.69) is 0 Å². The molecule has 3 aromatic carbocycles. The summed E-state index contributed by atoms with van der Waals surface area (Å²) in [4.78, 5) is 30.0. The molecule has 1 saturated heterocycles. The van der Waals surface area contributed by atoms with Crippen LogP contribution in [0.2, 0.25) is 0 Å². The topological polar surface area (TPSA) is 88.5 Å². The van der Waals surface area contributed by atoms with Crippen LogP contribution in [0.5, 0.6) is 17.2 Å². The van der Waals surface area contributed by atoms with Gasteiger partial charge in [0, 0.05) is 12.1 Å². The van der Waals surface area contributed by atoms with E-state index >= 15 is 0 Å². The molecule has 1 heterocycles. The van der Waals surface area contributed by atoms with E-state index < -0.39 is 29.3 Å². The van der Waals surface area contributed by atoms with E-state index in [1.54, 1.807) is 18.2 Å². The third kappa shape index (κ3) is 6.10. The van der Waals surface area contributed by atoms with Crippen molar-refractivity contribution in [3.05, 3.63) is 94.8 Å². The fourth-order valence-corrected chi connectivity index (χ4v) is 4.69. The van der Waals surface area contributed by atoms with E-state index in [-0.39, 0.29) is 23.4 Å². The molecule has 1 atom stereocenters. The van der Waals surface area contributed by atoms with E-state index in [1.807, 2.05) is 49.3 Å². The zero-order chi connectivity index (χ0) is 28.8. The van der Waals surface area contributed by atoms with Gasteiger partial charge in [0.2, 0.25) is 0 Å². The molecule has 1 aliphatic rings. The summed E-state index contributed by atoms with van der Waals surface area (Å²) in [7, 11) is 6.67. The first-order chi connectivity index (χ1) is 19.2. The van der Waals surface area contributed by atoms with Gasteiger partial charge in [-0.1, -0.05) is 36.4 Å². The molecular formula is C31H33FN2O6. The van der Waals surface area contributed by atoms with Crippen LogP contribution in [0.25, 0.3) is 5.76 Å². The van der Waals surface area contributed by atoms with Gasteiger partial charge in [0.05, 0.1) is 25.8 Å². The Hall–Kier alpha value is -4.37. The molecule has 40 heavy (non-hydrogen) atoms. The average Bonchev–Trinajstić information content (AvgIpc) is 3.21. The summed E-state index contributed by atoms with van der Waals surface area (Å²) >= 11 is 0. The van der Waals surface area contributed by atoms with Gasteiger partial charge in [-0.05, 0) is 68.5 Å². The minimum Gasteiger partial charge on any atom is -0.507 e. The number of aliphatic hydroxyl groups excluding tert-OH is 1. The van der Waals surface area contributed by atoms with Crippen molar-refractivity contribution in [2.45, 2.75) is 19.1 Å². The largest absolute Gasteiger partial charge is 0.507 e.